The smallest absolute Gasteiger partial charge is 0.149 e. The summed E-state index contributed by atoms with van der Waals surface area (Å²) in [5, 5.41) is 0.472. The first-order chi connectivity index (χ1) is 7.24. The highest BCUT2D eigenvalue weighted by atomic mass is 35.5. The normalized spacial score (nSPS) is 30.1. The van der Waals surface area contributed by atoms with Crippen LogP contribution in [0.5, 0.6) is 0 Å². The van der Waals surface area contributed by atoms with Crippen molar-refractivity contribution in [3.05, 3.63) is 17.5 Å². The van der Waals surface area contributed by atoms with Crippen molar-refractivity contribution in [3.8, 4) is 0 Å². The molecule has 5 heteroatoms. The molecular weight excluding hydrogens is 212 g/mol. The van der Waals surface area contributed by atoms with Gasteiger partial charge in [-0.05, 0) is 7.05 Å². The van der Waals surface area contributed by atoms with Crippen LogP contribution in [0.2, 0.25) is 5.15 Å². The Balaban J connectivity index is 1.79. The fourth-order valence-corrected chi connectivity index (χ4v) is 2.72. The maximum atomic E-state index is 5.83. The summed E-state index contributed by atoms with van der Waals surface area (Å²) in [5.74, 6) is 1.71. The van der Waals surface area contributed by atoms with Crippen LogP contribution in [0, 0.1) is 5.92 Å². The standard InChI is InChI=1S/C10H13ClN4/c1-14-4-7-5-15(6-8(7)14)10-3-12-2-9(11)13-10/h2-3,7-8H,4-6H2,1H3/t7-,8+/m0/s1. The van der Waals surface area contributed by atoms with Crippen LogP contribution in [-0.2, 0) is 0 Å². The van der Waals surface area contributed by atoms with Crippen LogP contribution < -0.4 is 4.90 Å². The molecule has 0 aliphatic carbocycles. The third-order valence-corrected chi connectivity index (χ3v) is 3.59. The largest absolute Gasteiger partial charge is 0.353 e. The molecule has 1 aromatic rings. The Morgan fingerprint density at radius 1 is 1.33 bits per heavy atom. The van der Waals surface area contributed by atoms with Gasteiger partial charge in [-0.2, -0.15) is 0 Å². The van der Waals surface area contributed by atoms with Crippen molar-refractivity contribution in [3.63, 3.8) is 0 Å². The zero-order valence-electron chi connectivity index (χ0n) is 8.60. The van der Waals surface area contributed by atoms with E-state index >= 15 is 0 Å². The molecule has 2 aliphatic rings. The highest BCUT2D eigenvalue weighted by Crippen LogP contribution is 2.32. The number of likely N-dealkylation sites (N-methyl/N-ethyl adjacent to an activating group) is 1. The van der Waals surface area contributed by atoms with Crippen LogP contribution in [-0.4, -0.2) is 47.6 Å². The lowest BCUT2D eigenvalue weighted by Gasteiger charge is -2.40. The van der Waals surface area contributed by atoms with Gasteiger partial charge in [0.2, 0.25) is 0 Å². The molecule has 2 atom stereocenters. The number of nitrogens with zero attached hydrogens (tertiary/aromatic N) is 4. The van der Waals surface area contributed by atoms with E-state index in [9.17, 15) is 0 Å². The molecule has 2 saturated heterocycles. The molecule has 2 aliphatic heterocycles. The van der Waals surface area contributed by atoms with E-state index in [1.54, 1.807) is 12.4 Å². The third kappa shape index (κ3) is 1.48. The lowest BCUT2D eigenvalue weighted by Crippen LogP contribution is -2.52. The van der Waals surface area contributed by atoms with Crippen LogP contribution in [0.15, 0.2) is 12.4 Å². The van der Waals surface area contributed by atoms with E-state index in [1.807, 2.05) is 0 Å². The van der Waals surface area contributed by atoms with Crippen molar-refractivity contribution >= 4 is 17.4 Å². The first kappa shape index (κ1) is 9.36. The molecule has 0 unspecified atom stereocenters. The second-order valence-electron chi connectivity index (χ2n) is 4.37. The van der Waals surface area contributed by atoms with Crippen molar-refractivity contribution in [2.24, 2.45) is 5.92 Å². The SMILES string of the molecule is CN1C[C@H]2CN(c3cncc(Cl)n3)C[C@H]21. The maximum absolute atomic E-state index is 5.83. The number of hydrogen-bond donors (Lipinski definition) is 0. The van der Waals surface area contributed by atoms with E-state index in [4.69, 9.17) is 11.6 Å². The summed E-state index contributed by atoms with van der Waals surface area (Å²) in [6, 6.07) is 0.700. The molecule has 0 bridgehead atoms. The molecule has 0 N–H and O–H groups in total. The molecular formula is C10H13ClN4. The van der Waals surface area contributed by atoms with Crippen LogP contribution in [0.1, 0.15) is 0 Å². The molecule has 4 nitrogen and oxygen atoms in total. The van der Waals surface area contributed by atoms with Crippen LogP contribution >= 0.6 is 11.6 Å². The fourth-order valence-electron chi connectivity index (χ4n) is 2.57. The molecule has 1 aromatic heterocycles. The van der Waals surface area contributed by atoms with Crippen molar-refractivity contribution < 1.29 is 0 Å². The monoisotopic (exact) mass is 224 g/mol. The lowest BCUT2D eigenvalue weighted by atomic mass is 9.93. The Bertz CT molecular complexity index is 383. The zero-order chi connectivity index (χ0) is 10.4. The summed E-state index contributed by atoms with van der Waals surface area (Å²) < 4.78 is 0. The summed E-state index contributed by atoms with van der Waals surface area (Å²) in [7, 11) is 2.17. The summed E-state index contributed by atoms with van der Waals surface area (Å²) in [6.07, 6.45) is 3.36. The number of aromatic nitrogens is 2. The number of halogens is 1. The molecule has 2 fully saturated rings. The minimum Gasteiger partial charge on any atom is -0.353 e. The van der Waals surface area contributed by atoms with Crippen LogP contribution in [0.3, 0.4) is 0 Å². The second-order valence-corrected chi connectivity index (χ2v) is 4.76. The van der Waals surface area contributed by atoms with Crippen molar-refractivity contribution in [1.82, 2.24) is 14.9 Å². The predicted octanol–water partition coefficient (Wildman–Crippen LogP) is 0.880. The summed E-state index contributed by atoms with van der Waals surface area (Å²) in [6.45, 7) is 3.34. The molecule has 3 heterocycles. The van der Waals surface area contributed by atoms with E-state index in [-0.39, 0.29) is 0 Å². The highest BCUT2D eigenvalue weighted by Gasteiger charge is 2.43. The van der Waals surface area contributed by atoms with Crippen molar-refractivity contribution in [2.75, 3.05) is 31.6 Å². The van der Waals surface area contributed by atoms with Gasteiger partial charge in [-0.15, -0.1) is 0 Å². The van der Waals surface area contributed by atoms with Crippen molar-refractivity contribution in [2.45, 2.75) is 6.04 Å². The first-order valence-electron chi connectivity index (χ1n) is 5.17. The van der Waals surface area contributed by atoms with Gasteiger partial charge in [0.05, 0.1) is 12.4 Å². The predicted molar refractivity (Wildman–Crippen MR) is 59.2 cm³/mol. The minimum absolute atomic E-state index is 0.472. The topological polar surface area (TPSA) is 32.3 Å². The van der Waals surface area contributed by atoms with Gasteiger partial charge in [0.25, 0.3) is 0 Å². The lowest BCUT2D eigenvalue weighted by molar-refractivity contribution is 0.0827. The molecule has 15 heavy (non-hydrogen) atoms. The third-order valence-electron chi connectivity index (χ3n) is 3.41. The summed E-state index contributed by atoms with van der Waals surface area (Å²) in [5.41, 5.74) is 0. The molecule has 0 saturated carbocycles. The molecule has 80 valence electrons. The van der Waals surface area contributed by atoms with Gasteiger partial charge in [-0.3, -0.25) is 4.98 Å². The van der Waals surface area contributed by atoms with E-state index in [2.05, 4.69) is 26.8 Å². The Kier molecular flexibility index (Phi) is 2.07. The van der Waals surface area contributed by atoms with Crippen molar-refractivity contribution in [1.29, 1.82) is 0 Å². The first-order valence-corrected chi connectivity index (χ1v) is 5.54. The molecule has 0 radical (unpaired) electrons. The molecule has 0 spiro atoms. The number of fused-ring (bicyclic) bond motifs is 1. The molecule has 0 aromatic carbocycles. The van der Waals surface area contributed by atoms with Gasteiger partial charge >= 0.3 is 0 Å². The second kappa shape index (κ2) is 3.32. The van der Waals surface area contributed by atoms with E-state index < -0.39 is 0 Å². The molecule has 0 amide bonds. The maximum Gasteiger partial charge on any atom is 0.149 e. The Labute approximate surface area is 93.9 Å². The summed E-state index contributed by atoms with van der Waals surface area (Å²) >= 11 is 5.83. The van der Waals surface area contributed by atoms with Gasteiger partial charge < -0.3 is 9.80 Å². The number of rotatable bonds is 1. The summed E-state index contributed by atoms with van der Waals surface area (Å²) in [4.78, 5) is 13.0. The van der Waals surface area contributed by atoms with Gasteiger partial charge in [0.1, 0.15) is 11.0 Å². The van der Waals surface area contributed by atoms with Gasteiger partial charge in [0, 0.05) is 31.6 Å². The van der Waals surface area contributed by atoms with E-state index in [1.165, 1.54) is 6.54 Å². The van der Waals surface area contributed by atoms with Gasteiger partial charge in [-0.1, -0.05) is 11.6 Å². The average molecular weight is 225 g/mol. The number of hydrogen-bond acceptors (Lipinski definition) is 4. The van der Waals surface area contributed by atoms with Gasteiger partial charge in [-0.25, -0.2) is 4.98 Å². The van der Waals surface area contributed by atoms with E-state index in [0.29, 0.717) is 11.2 Å². The number of anilines is 1. The Hall–Kier alpha value is -0.870. The Morgan fingerprint density at radius 3 is 2.87 bits per heavy atom. The highest BCUT2D eigenvalue weighted by molar-refractivity contribution is 6.29. The zero-order valence-corrected chi connectivity index (χ0v) is 9.35. The van der Waals surface area contributed by atoms with Gasteiger partial charge in [0.15, 0.2) is 0 Å². The quantitative estimate of drug-likeness (QED) is 0.709. The molecule has 3 rings (SSSR count). The average Bonchev–Trinajstić information content (AvgIpc) is 2.55. The fraction of sp³-hybridized carbons (Fsp3) is 0.600. The van der Waals surface area contributed by atoms with Crippen LogP contribution in [0.4, 0.5) is 5.82 Å². The Morgan fingerprint density at radius 2 is 2.20 bits per heavy atom. The van der Waals surface area contributed by atoms with Crippen LogP contribution in [0.25, 0.3) is 0 Å². The minimum atomic E-state index is 0.472. The number of likely N-dealkylation sites (tertiary alicyclic amines) is 1. The van der Waals surface area contributed by atoms with E-state index in [0.717, 1.165) is 24.8 Å².